The van der Waals surface area contributed by atoms with Crippen LogP contribution < -0.4 is 15.8 Å². The van der Waals surface area contributed by atoms with Crippen LogP contribution in [-0.2, 0) is 0 Å². The summed E-state index contributed by atoms with van der Waals surface area (Å²) in [5, 5.41) is 15.1. The van der Waals surface area contributed by atoms with Crippen LogP contribution in [0.4, 0.5) is 17.2 Å². The van der Waals surface area contributed by atoms with Gasteiger partial charge in [0.15, 0.2) is 11.6 Å². The number of halogens is 2. The number of pyridine rings is 1. The number of hydrogen-bond donors (Lipinski definition) is 2. The summed E-state index contributed by atoms with van der Waals surface area (Å²) in [6, 6.07) is 22.7. The molecule has 2 aromatic heterocycles. The molecule has 0 saturated carbocycles. The lowest BCUT2D eigenvalue weighted by atomic mass is 9.91. The maximum Gasteiger partial charge on any atom is 0.248 e. The van der Waals surface area contributed by atoms with Gasteiger partial charge >= 0.3 is 0 Å². The molecule has 0 saturated heterocycles. The third kappa shape index (κ3) is 5.05. The van der Waals surface area contributed by atoms with Crippen molar-refractivity contribution in [2.45, 2.75) is 19.8 Å². The van der Waals surface area contributed by atoms with E-state index in [1.165, 1.54) is 6.33 Å². The number of benzene rings is 3. The Hall–Kier alpha value is -4.38. The molecule has 0 bridgehead atoms. The Bertz CT molecular complexity index is 1700. The highest BCUT2D eigenvalue weighted by Gasteiger charge is 2.20. The Labute approximate surface area is 229 Å². The molecule has 5 aromatic rings. The van der Waals surface area contributed by atoms with E-state index >= 15 is 0 Å². The van der Waals surface area contributed by atoms with Crippen LogP contribution in [0.3, 0.4) is 0 Å². The number of nitrogen functional groups attached to an aromatic ring is 1. The average Bonchev–Trinajstić information content (AvgIpc) is 2.90. The molecule has 2 heterocycles. The highest BCUT2D eigenvalue weighted by Crippen LogP contribution is 2.37. The molecule has 0 aliphatic carbocycles. The van der Waals surface area contributed by atoms with Crippen LogP contribution in [0, 0.1) is 25.2 Å². The van der Waals surface area contributed by atoms with Gasteiger partial charge in [0.05, 0.1) is 12.0 Å². The smallest absolute Gasteiger partial charge is 0.248 e. The third-order valence-electron chi connectivity index (χ3n) is 6.12. The van der Waals surface area contributed by atoms with E-state index in [1.54, 1.807) is 18.2 Å². The van der Waals surface area contributed by atoms with Gasteiger partial charge in [0.1, 0.15) is 17.5 Å². The first kappa shape index (κ1) is 25.3. The summed E-state index contributed by atoms with van der Waals surface area (Å²) < 4.78 is 6.08. The van der Waals surface area contributed by atoms with Crippen LogP contribution in [0.5, 0.6) is 11.6 Å². The number of nitrogens with two attached hydrogens (primary N) is 1. The minimum atomic E-state index is -0.547. The fourth-order valence-corrected chi connectivity index (χ4v) is 4.53. The summed E-state index contributed by atoms with van der Waals surface area (Å²) in [5.41, 5.74) is 11.3. The monoisotopic (exact) mass is 540 g/mol. The predicted molar refractivity (Wildman–Crippen MR) is 151 cm³/mol. The van der Waals surface area contributed by atoms with Crippen molar-refractivity contribution in [2.75, 3.05) is 11.1 Å². The Kier molecular flexibility index (Phi) is 7.01. The lowest BCUT2D eigenvalue weighted by Gasteiger charge is -2.17. The second kappa shape index (κ2) is 10.5. The number of ether oxygens (including phenoxy) is 1. The quantitative estimate of drug-likeness (QED) is 0.226. The number of nitrogens with one attached hydrogen (secondary N) is 1. The highest BCUT2D eigenvalue weighted by atomic mass is 35.5. The molecule has 3 N–H and O–H groups in total. The molecule has 3 aromatic carbocycles. The van der Waals surface area contributed by atoms with Gasteiger partial charge in [0.25, 0.3) is 0 Å². The topological polar surface area (TPSA) is 110 Å². The van der Waals surface area contributed by atoms with E-state index in [0.717, 1.165) is 22.2 Å². The molecule has 0 aliphatic heterocycles. The van der Waals surface area contributed by atoms with Gasteiger partial charge in [-0.1, -0.05) is 59.6 Å². The second-order valence-electron chi connectivity index (χ2n) is 8.75. The van der Waals surface area contributed by atoms with Crippen molar-refractivity contribution in [3.05, 3.63) is 105 Å². The van der Waals surface area contributed by atoms with Gasteiger partial charge in [-0.3, -0.25) is 0 Å². The number of nitrogens with zero attached hydrogens (tertiary/aromatic N) is 4. The molecule has 0 spiro atoms. The van der Waals surface area contributed by atoms with E-state index in [1.807, 2.05) is 62.4 Å². The molecule has 188 valence electrons. The number of anilines is 3. The Morgan fingerprint density at radius 3 is 2.55 bits per heavy atom. The molecule has 0 fully saturated rings. The van der Waals surface area contributed by atoms with Crippen molar-refractivity contribution in [3.63, 3.8) is 0 Å². The number of rotatable bonds is 6. The van der Waals surface area contributed by atoms with Gasteiger partial charge in [-0.2, -0.15) is 10.2 Å². The first-order valence-electron chi connectivity index (χ1n) is 11.7. The van der Waals surface area contributed by atoms with E-state index in [-0.39, 0.29) is 11.6 Å². The van der Waals surface area contributed by atoms with Crippen LogP contribution >= 0.6 is 23.2 Å². The number of hydrogen-bond acceptors (Lipinski definition) is 7. The van der Waals surface area contributed by atoms with Gasteiger partial charge in [0.2, 0.25) is 5.88 Å². The molecule has 38 heavy (non-hydrogen) atoms. The summed E-state index contributed by atoms with van der Waals surface area (Å²) in [4.78, 5) is 13.1. The molecule has 7 nitrogen and oxygen atoms in total. The first-order chi connectivity index (χ1) is 18.3. The Balaban J connectivity index is 1.44. The lowest BCUT2D eigenvalue weighted by Crippen LogP contribution is -2.05. The standard InChI is InChI=1S/C29H22Cl2N6O/c1-16-12-21(22(14-32)18-8-10-20(30)11-9-18)23(31)13-24(16)37-28-26(33)29(35-15-34-28)38-25-5-3-4-19-7-6-17(2)36-27(19)25/h3-13,15,22H,33H2,1-2H3,(H,34,35,37). The van der Waals surface area contributed by atoms with Gasteiger partial charge in [-0.25, -0.2) is 9.97 Å². The van der Waals surface area contributed by atoms with Crippen LogP contribution in [0.1, 0.15) is 28.3 Å². The number of nitriles is 1. The molecular formula is C29H22Cl2N6O. The predicted octanol–water partition coefficient (Wildman–Crippen LogP) is 7.72. The molecule has 9 heteroatoms. The number of aromatic nitrogens is 3. The minimum absolute atomic E-state index is 0.200. The van der Waals surface area contributed by atoms with Gasteiger partial charge in [-0.15, -0.1) is 0 Å². The van der Waals surface area contributed by atoms with Crippen molar-refractivity contribution < 1.29 is 4.74 Å². The molecule has 0 radical (unpaired) electrons. The molecule has 5 rings (SSSR count). The Morgan fingerprint density at radius 2 is 1.79 bits per heavy atom. The van der Waals surface area contributed by atoms with E-state index in [0.29, 0.717) is 38.4 Å². The third-order valence-corrected chi connectivity index (χ3v) is 6.70. The first-order valence-corrected chi connectivity index (χ1v) is 12.5. The summed E-state index contributed by atoms with van der Waals surface area (Å²) in [6.45, 7) is 3.83. The zero-order chi connectivity index (χ0) is 26.8. The lowest BCUT2D eigenvalue weighted by molar-refractivity contribution is 0.469. The van der Waals surface area contributed by atoms with Gasteiger partial charge < -0.3 is 15.8 Å². The maximum absolute atomic E-state index is 9.88. The molecule has 1 unspecified atom stereocenters. The van der Waals surface area contributed by atoms with E-state index in [9.17, 15) is 5.26 Å². The minimum Gasteiger partial charge on any atom is -0.435 e. The summed E-state index contributed by atoms with van der Waals surface area (Å²) in [7, 11) is 0. The molecule has 0 aliphatic rings. The van der Waals surface area contributed by atoms with E-state index in [4.69, 9.17) is 33.7 Å². The van der Waals surface area contributed by atoms with Crippen molar-refractivity contribution in [3.8, 4) is 17.7 Å². The van der Waals surface area contributed by atoms with Crippen LogP contribution in [0.15, 0.2) is 73.1 Å². The fourth-order valence-electron chi connectivity index (χ4n) is 4.13. The molecular weight excluding hydrogens is 519 g/mol. The average molecular weight is 541 g/mol. The van der Waals surface area contributed by atoms with Crippen LogP contribution in [-0.4, -0.2) is 15.0 Å². The van der Waals surface area contributed by atoms with Crippen molar-refractivity contribution in [2.24, 2.45) is 0 Å². The zero-order valence-corrected chi connectivity index (χ0v) is 22.0. The summed E-state index contributed by atoms with van der Waals surface area (Å²) >= 11 is 12.7. The van der Waals surface area contributed by atoms with Crippen molar-refractivity contribution in [1.82, 2.24) is 15.0 Å². The van der Waals surface area contributed by atoms with Gasteiger partial charge in [-0.05, 0) is 60.9 Å². The van der Waals surface area contributed by atoms with Crippen LogP contribution in [0.25, 0.3) is 10.9 Å². The summed E-state index contributed by atoms with van der Waals surface area (Å²) in [5.74, 6) is 0.553. The van der Waals surface area contributed by atoms with Crippen LogP contribution in [0.2, 0.25) is 10.0 Å². The number of fused-ring (bicyclic) bond motifs is 1. The number of para-hydroxylation sites is 1. The largest absolute Gasteiger partial charge is 0.435 e. The maximum atomic E-state index is 9.88. The summed E-state index contributed by atoms with van der Waals surface area (Å²) in [6.07, 6.45) is 1.37. The Morgan fingerprint density at radius 1 is 1.00 bits per heavy atom. The van der Waals surface area contributed by atoms with E-state index < -0.39 is 5.92 Å². The van der Waals surface area contributed by atoms with Crippen molar-refractivity contribution in [1.29, 1.82) is 5.26 Å². The number of aryl methyl sites for hydroxylation is 2. The van der Waals surface area contributed by atoms with Crippen molar-refractivity contribution >= 4 is 51.3 Å². The van der Waals surface area contributed by atoms with Gasteiger partial charge in [0, 0.05) is 26.8 Å². The second-order valence-corrected chi connectivity index (χ2v) is 9.59. The molecule has 1 atom stereocenters. The fraction of sp³-hybridized carbons (Fsp3) is 0.103. The molecule has 0 amide bonds. The highest BCUT2D eigenvalue weighted by molar-refractivity contribution is 6.32. The van der Waals surface area contributed by atoms with E-state index in [2.05, 4.69) is 26.3 Å². The normalized spacial score (nSPS) is 11.7. The zero-order valence-electron chi connectivity index (χ0n) is 20.5. The SMILES string of the molecule is Cc1ccc2cccc(Oc3ncnc(Nc4cc(Cl)c(C(C#N)c5ccc(Cl)cc5)cc4C)c3N)c2n1.